The molecule has 2 atom stereocenters. The predicted molar refractivity (Wildman–Crippen MR) is 73.8 cm³/mol. The summed E-state index contributed by atoms with van der Waals surface area (Å²) in [6.07, 6.45) is 1.13. The summed E-state index contributed by atoms with van der Waals surface area (Å²) in [5.41, 5.74) is 0.706. The first-order valence-corrected chi connectivity index (χ1v) is 9.22. The molecule has 1 rings (SSSR count). The van der Waals surface area contributed by atoms with Gasteiger partial charge in [-0.3, -0.25) is 0 Å². The van der Waals surface area contributed by atoms with Gasteiger partial charge in [0.05, 0.1) is 8.07 Å². The van der Waals surface area contributed by atoms with E-state index in [9.17, 15) is 0 Å². The maximum absolute atomic E-state index is 9.14. The van der Waals surface area contributed by atoms with Gasteiger partial charge >= 0.3 is 0 Å². The van der Waals surface area contributed by atoms with Crippen molar-refractivity contribution in [2.24, 2.45) is 5.92 Å². The lowest BCUT2D eigenvalue weighted by molar-refractivity contribution is 0.229. The van der Waals surface area contributed by atoms with Gasteiger partial charge in [-0.1, -0.05) is 62.5 Å². The Balaban J connectivity index is 2.77. The van der Waals surface area contributed by atoms with Gasteiger partial charge in [-0.05, 0) is 17.9 Å². The minimum absolute atomic E-state index is 0.309. The van der Waals surface area contributed by atoms with Crippen molar-refractivity contribution in [3.05, 3.63) is 30.3 Å². The van der Waals surface area contributed by atoms with E-state index in [2.05, 4.69) is 57.3 Å². The van der Waals surface area contributed by atoms with Crippen LogP contribution in [0.4, 0.5) is 0 Å². The van der Waals surface area contributed by atoms with E-state index in [0.29, 0.717) is 18.1 Å². The lowest BCUT2D eigenvalue weighted by atomic mass is 10.1. The van der Waals surface area contributed by atoms with E-state index in [1.165, 1.54) is 5.19 Å². The number of aliphatic hydroxyl groups is 1. The molecule has 0 amide bonds. The maximum Gasteiger partial charge on any atom is 0.0834 e. The summed E-state index contributed by atoms with van der Waals surface area (Å²) in [6.45, 7) is 9.63. The molecule has 0 saturated heterocycles. The molecule has 2 heteroatoms. The first-order valence-electron chi connectivity index (χ1n) is 6.15. The third kappa shape index (κ3) is 3.19. The third-order valence-corrected chi connectivity index (χ3v) is 8.34. The van der Waals surface area contributed by atoms with Crippen LogP contribution in [0.1, 0.15) is 20.3 Å². The molecule has 1 N–H and O–H groups in total. The zero-order chi connectivity index (χ0) is 12.2. The molecular formula is C14H24OSi. The molecule has 0 radical (unpaired) electrons. The summed E-state index contributed by atoms with van der Waals surface area (Å²) < 4.78 is 0. The van der Waals surface area contributed by atoms with Crippen molar-refractivity contribution in [1.82, 2.24) is 0 Å². The van der Waals surface area contributed by atoms with E-state index in [1.54, 1.807) is 0 Å². The van der Waals surface area contributed by atoms with Crippen LogP contribution < -0.4 is 5.19 Å². The Morgan fingerprint density at radius 1 is 1.12 bits per heavy atom. The van der Waals surface area contributed by atoms with Crippen LogP contribution in [0.25, 0.3) is 0 Å². The molecule has 16 heavy (non-hydrogen) atoms. The van der Waals surface area contributed by atoms with Crippen molar-refractivity contribution in [2.45, 2.75) is 38.9 Å². The number of rotatable bonds is 5. The summed E-state index contributed by atoms with van der Waals surface area (Å²) in [5.74, 6) is 0.422. The molecule has 0 fully saturated rings. The first kappa shape index (κ1) is 13.5. The van der Waals surface area contributed by atoms with Gasteiger partial charge in [0.25, 0.3) is 0 Å². The van der Waals surface area contributed by atoms with Gasteiger partial charge in [0.15, 0.2) is 0 Å². The van der Waals surface area contributed by atoms with E-state index < -0.39 is 8.07 Å². The van der Waals surface area contributed by atoms with Crippen molar-refractivity contribution in [2.75, 3.05) is 6.61 Å². The molecule has 0 saturated carbocycles. The van der Waals surface area contributed by atoms with Crippen molar-refractivity contribution < 1.29 is 5.11 Å². The van der Waals surface area contributed by atoms with Gasteiger partial charge in [-0.25, -0.2) is 0 Å². The molecule has 1 aromatic carbocycles. The Morgan fingerprint density at radius 3 is 2.19 bits per heavy atom. The van der Waals surface area contributed by atoms with Crippen molar-refractivity contribution in [3.8, 4) is 0 Å². The van der Waals surface area contributed by atoms with E-state index >= 15 is 0 Å². The fourth-order valence-electron chi connectivity index (χ4n) is 2.12. The van der Waals surface area contributed by atoms with Crippen LogP contribution in [0.3, 0.4) is 0 Å². The topological polar surface area (TPSA) is 20.2 Å². The van der Waals surface area contributed by atoms with Gasteiger partial charge in [-0.15, -0.1) is 0 Å². The minimum atomic E-state index is -1.37. The summed E-state index contributed by atoms with van der Waals surface area (Å²) in [5, 5.41) is 10.7. The van der Waals surface area contributed by atoms with Gasteiger partial charge in [0.1, 0.15) is 0 Å². The number of hydrogen-bond donors (Lipinski definition) is 1. The van der Waals surface area contributed by atoms with Gasteiger partial charge in [0.2, 0.25) is 0 Å². The van der Waals surface area contributed by atoms with E-state index in [4.69, 9.17) is 5.11 Å². The Kier molecular flexibility index (Phi) is 4.75. The Hall–Kier alpha value is -0.603. The molecule has 0 aromatic heterocycles. The van der Waals surface area contributed by atoms with Crippen LogP contribution in [-0.4, -0.2) is 19.8 Å². The van der Waals surface area contributed by atoms with Crippen LogP contribution in [0.5, 0.6) is 0 Å². The lowest BCUT2D eigenvalue weighted by Crippen LogP contribution is -2.45. The van der Waals surface area contributed by atoms with Crippen molar-refractivity contribution in [1.29, 1.82) is 0 Å². The minimum Gasteiger partial charge on any atom is -0.396 e. The number of hydrogen-bond acceptors (Lipinski definition) is 1. The molecule has 90 valence electrons. The van der Waals surface area contributed by atoms with Crippen LogP contribution in [-0.2, 0) is 0 Å². The highest BCUT2D eigenvalue weighted by molar-refractivity contribution is 6.90. The summed E-state index contributed by atoms with van der Waals surface area (Å²) in [6, 6.07) is 10.9. The van der Waals surface area contributed by atoms with Gasteiger partial charge < -0.3 is 5.11 Å². The first-order chi connectivity index (χ1) is 7.48. The normalized spacial score (nSPS) is 15.8. The van der Waals surface area contributed by atoms with Crippen molar-refractivity contribution >= 4 is 13.3 Å². The molecule has 1 nitrogen and oxygen atoms in total. The quantitative estimate of drug-likeness (QED) is 0.779. The molecule has 1 aromatic rings. The molecular weight excluding hydrogens is 212 g/mol. The highest BCUT2D eigenvalue weighted by Gasteiger charge is 2.30. The Bertz CT molecular complexity index is 308. The fourth-order valence-corrected chi connectivity index (χ4v) is 4.74. The smallest absolute Gasteiger partial charge is 0.0834 e. The van der Waals surface area contributed by atoms with Crippen LogP contribution in [0.15, 0.2) is 30.3 Å². The second-order valence-electron chi connectivity index (χ2n) is 5.51. The van der Waals surface area contributed by atoms with Crippen LogP contribution >= 0.6 is 0 Å². The lowest BCUT2D eigenvalue weighted by Gasteiger charge is -2.31. The second-order valence-corrected chi connectivity index (χ2v) is 10.5. The zero-order valence-corrected chi connectivity index (χ0v) is 11.9. The SMILES string of the molecule is C[C@@H](CO)C[C@H](C)[Si](C)(C)c1ccccc1. The van der Waals surface area contributed by atoms with Gasteiger partial charge in [-0.2, -0.15) is 0 Å². The largest absolute Gasteiger partial charge is 0.396 e. The van der Waals surface area contributed by atoms with E-state index in [1.807, 2.05) is 0 Å². The predicted octanol–water partition coefficient (Wildman–Crippen LogP) is 3.01. The third-order valence-electron chi connectivity index (χ3n) is 3.82. The summed E-state index contributed by atoms with van der Waals surface area (Å²) >= 11 is 0. The standard InChI is InChI=1S/C14H24OSi/c1-12(11-15)10-13(2)16(3,4)14-8-6-5-7-9-14/h5-9,12-13,15H,10-11H2,1-4H3/t12-,13+/m1/s1. The number of benzene rings is 1. The molecule has 0 aliphatic rings. The summed E-state index contributed by atoms with van der Waals surface area (Å²) in [7, 11) is -1.37. The maximum atomic E-state index is 9.14. The molecule has 0 heterocycles. The fraction of sp³-hybridized carbons (Fsp3) is 0.571. The van der Waals surface area contributed by atoms with Crippen molar-refractivity contribution in [3.63, 3.8) is 0 Å². The molecule has 0 bridgehead atoms. The molecule has 0 spiro atoms. The second kappa shape index (κ2) is 5.64. The van der Waals surface area contributed by atoms with Gasteiger partial charge in [0, 0.05) is 6.61 Å². The van der Waals surface area contributed by atoms with E-state index in [-0.39, 0.29) is 0 Å². The van der Waals surface area contributed by atoms with Crippen LogP contribution in [0, 0.1) is 5.92 Å². The Morgan fingerprint density at radius 2 is 1.69 bits per heavy atom. The average Bonchev–Trinajstić information content (AvgIpc) is 2.29. The Labute approximate surface area is 101 Å². The highest BCUT2D eigenvalue weighted by Crippen LogP contribution is 2.28. The van der Waals surface area contributed by atoms with E-state index in [0.717, 1.165) is 6.42 Å². The monoisotopic (exact) mass is 236 g/mol. The molecule has 0 unspecified atom stereocenters. The molecule has 0 aliphatic heterocycles. The highest BCUT2D eigenvalue weighted by atomic mass is 28.3. The molecule has 0 aliphatic carbocycles. The summed E-state index contributed by atoms with van der Waals surface area (Å²) in [4.78, 5) is 0. The number of aliphatic hydroxyl groups excluding tert-OH is 1. The average molecular weight is 236 g/mol. The zero-order valence-electron chi connectivity index (χ0n) is 10.9. The van der Waals surface area contributed by atoms with Crippen LogP contribution in [0.2, 0.25) is 18.6 Å².